The van der Waals surface area contributed by atoms with Gasteiger partial charge >= 0.3 is 0 Å². The summed E-state index contributed by atoms with van der Waals surface area (Å²) in [7, 11) is 0. The minimum absolute atomic E-state index is 0.0130. The molecule has 0 saturated heterocycles. The lowest BCUT2D eigenvalue weighted by Crippen LogP contribution is -2.13. The van der Waals surface area contributed by atoms with Crippen LogP contribution >= 0.6 is 23.1 Å². The lowest BCUT2D eigenvalue weighted by molar-refractivity contribution is -0.114. The highest BCUT2D eigenvalue weighted by molar-refractivity contribution is 8.01. The molecule has 138 valence electrons. The number of benzene rings is 2. The second-order valence-corrected chi connectivity index (χ2v) is 8.07. The number of Topliss-reactive ketones (excluding diaryl/α,β-unsaturated/α-hetero) is 1. The number of carbonyl (C=O) groups is 3. The zero-order chi connectivity index (χ0) is 19.4. The lowest BCUT2D eigenvalue weighted by atomic mass is 10.1. The van der Waals surface area contributed by atoms with E-state index in [4.69, 9.17) is 0 Å². The Morgan fingerprint density at radius 1 is 1.00 bits per heavy atom. The van der Waals surface area contributed by atoms with E-state index in [-0.39, 0.29) is 23.4 Å². The Kier molecular flexibility index (Phi) is 5.88. The van der Waals surface area contributed by atoms with Gasteiger partial charge in [-0.1, -0.05) is 11.8 Å². The molecule has 0 aliphatic rings. The van der Waals surface area contributed by atoms with Crippen LogP contribution in [0.2, 0.25) is 0 Å². The van der Waals surface area contributed by atoms with Gasteiger partial charge in [0.05, 0.1) is 16.0 Å². The van der Waals surface area contributed by atoms with E-state index >= 15 is 0 Å². The molecule has 0 bridgehead atoms. The number of anilines is 2. The highest BCUT2D eigenvalue weighted by atomic mass is 32.2. The van der Waals surface area contributed by atoms with E-state index in [1.54, 1.807) is 30.3 Å². The molecule has 8 heteroatoms. The SMILES string of the molecule is CC(=O)Nc1ccc2nc(SCC(=O)Nc3ccc(C(C)=O)cc3)sc2c1. The third kappa shape index (κ3) is 5.15. The Labute approximate surface area is 164 Å². The second kappa shape index (κ2) is 8.32. The van der Waals surface area contributed by atoms with Crippen molar-refractivity contribution in [1.29, 1.82) is 0 Å². The molecule has 3 rings (SSSR count). The number of nitrogens with zero attached hydrogens (tertiary/aromatic N) is 1. The summed E-state index contributed by atoms with van der Waals surface area (Å²) in [5.41, 5.74) is 2.81. The highest BCUT2D eigenvalue weighted by Crippen LogP contribution is 2.31. The fourth-order valence-electron chi connectivity index (χ4n) is 2.36. The molecule has 6 nitrogen and oxygen atoms in total. The number of nitrogens with one attached hydrogen (secondary N) is 2. The zero-order valence-corrected chi connectivity index (χ0v) is 16.4. The topological polar surface area (TPSA) is 88.2 Å². The molecular weight excluding hydrogens is 382 g/mol. The molecule has 0 aliphatic carbocycles. The summed E-state index contributed by atoms with van der Waals surface area (Å²) in [4.78, 5) is 39.0. The third-order valence-corrected chi connectivity index (χ3v) is 5.75. The molecule has 1 heterocycles. The molecule has 0 spiro atoms. The van der Waals surface area contributed by atoms with Crippen LogP contribution in [0.1, 0.15) is 24.2 Å². The van der Waals surface area contributed by atoms with Crippen LogP contribution in [0.15, 0.2) is 46.8 Å². The van der Waals surface area contributed by atoms with Gasteiger partial charge in [0, 0.05) is 23.9 Å². The molecule has 0 unspecified atom stereocenters. The smallest absolute Gasteiger partial charge is 0.234 e. The van der Waals surface area contributed by atoms with Gasteiger partial charge in [-0.2, -0.15) is 0 Å². The van der Waals surface area contributed by atoms with Gasteiger partial charge in [0.25, 0.3) is 0 Å². The largest absolute Gasteiger partial charge is 0.326 e. The standard InChI is InChI=1S/C19H17N3O3S2/c1-11(23)13-3-5-14(6-4-13)21-18(25)10-26-19-22-16-8-7-15(20-12(2)24)9-17(16)27-19/h3-9H,10H2,1-2H3,(H,20,24)(H,21,25). The molecule has 0 fully saturated rings. The van der Waals surface area contributed by atoms with Gasteiger partial charge in [-0.15, -0.1) is 11.3 Å². The number of hydrogen-bond acceptors (Lipinski definition) is 6. The predicted molar refractivity (Wildman–Crippen MR) is 110 cm³/mol. The molecular formula is C19H17N3O3S2. The van der Waals surface area contributed by atoms with Gasteiger partial charge in [0.15, 0.2) is 10.1 Å². The minimum Gasteiger partial charge on any atom is -0.326 e. The average Bonchev–Trinajstić information content (AvgIpc) is 3.02. The van der Waals surface area contributed by atoms with Crippen molar-refractivity contribution >= 4 is 62.3 Å². The van der Waals surface area contributed by atoms with Crippen LogP contribution in [0, 0.1) is 0 Å². The Morgan fingerprint density at radius 3 is 2.37 bits per heavy atom. The fraction of sp³-hybridized carbons (Fsp3) is 0.158. The van der Waals surface area contributed by atoms with Crippen molar-refractivity contribution in [2.45, 2.75) is 18.2 Å². The molecule has 2 aromatic carbocycles. The Bertz CT molecular complexity index is 1010. The quantitative estimate of drug-likeness (QED) is 0.479. The number of thiazole rings is 1. The van der Waals surface area contributed by atoms with Crippen molar-refractivity contribution in [3.05, 3.63) is 48.0 Å². The average molecular weight is 399 g/mol. The Morgan fingerprint density at radius 2 is 1.70 bits per heavy atom. The zero-order valence-electron chi connectivity index (χ0n) is 14.7. The van der Waals surface area contributed by atoms with Crippen LogP contribution in [-0.2, 0) is 9.59 Å². The summed E-state index contributed by atoms with van der Waals surface area (Å²) in [6.45, 7) is 2.96. The van der Waals surface area contributed by atoms with E-state index in [1.807, 2.05) is 12.1 Å². The number of ketones is 1. The number of thioether (sulfide) groups is 1. The predicted octanol–water partition coefficient (Wildman–Crippen LogP) is 4.19. The molecule has 0 aliphatic heterocycles. The van der Waals surface area contributed by atoms with E-state index < -0.39 is 0 Å². The maximum Gasteiger partial charge on any atom is 0.234 e. The molecule has 2 amide bonds. The molecule has 1 aromatic heterocycles. The molecule has 2 N–H and O–H groups in total. The van der Waals surface area contributed by atoms with Crippen LogP contribution in [0.5, 0.6) is 0 Å². The lowest BCUT2D eigenvalue weighted by Gasteiger charge is -2.04. The molecule has 3 aromatic rings. The molecule has 27 heavy (non-hydrogen) atoms. The number of hydrogen-bond donors (Lipinski definition) is 2. The first-order chi connectivity index (χ1) is 12.9. The Hall–Kier alpha value is -2.71. The van der Waals surface area contributed by atoms with E-state index in [0.717, 1.165) is 20.2 Å². The van der Waals surface area contributed by atoms with Crippen molar-refractivity contribution < 1.29 is 14.4 Å². The van der Waals surface area contributed by atoms with Gasteiger partial charge in [-0.05, 0) is 49.4 Å². The van der Waals surface area contributed by atoms with Crippen molar-refractivity contribution in [2.24, 2.45) is 0 Å². The third-order valence-electron chi connectivity index (χ3n) is 3.59. The summed E-state index contributed by atoms with van der Waals surface area (Å²) in [5.74, 6) is -0.0523. The van der Waals surface area contributed by atoms with Gasteiger partial charge < -0.3 is 10.6 Å². The van der Waals surface area contributed by atoms with Crippen molar-refractivity contribution in [2.75, 3.05) is 16.4 Å². The summed E-state index contributed by atoms with van der Waals surface area (Å²) in [5, 5.41) is 5.54. The highest BCUT2D eigenvalue weighted by Gasteiger charge is 2.09. The minimum atomic E-state index is -0.145. The van der Waals surface area contributed by atoms with Crippen LogP contribution in [0.3, 0.4) is 0 Å². The second-order valence-electron chi connectivity index (χ2n) is 5.81. The fourth-order valence-corrected chi connectivity index (χ4v) is 4.27. The number of rotatable bonds is 6. The van der Waals surface area contributed by atoms with Crippen molar-refractivity contribution in [1.82, 2.24) is 4.98 Å². The first-order valence-corrected chi connectivity index (χ1v) is 9.93. The molecule has 0 saturated carbocycles. The number of amides is 2. The number of aromatic nitrogens is 1. The summed E-state index contributed by atoms with van der Waals surface area (Å²) >= 11 is 2.83. The monoisotopic (exact) mass is 399 g/mol. The van der Waals surface area contributed by atoms with Crippen LogP contribution < -0.4 is 10.6 Å². The van der Waals surface area contributed by atoms with Gasteiger partial charge in [-0.3, -0.25) is 14.4 Å². The molecule has 0 radical (unpaired) electrons. The van der Waals surface area contributed by atoms with Gasteiger partial charge in [-0.25, -0.2) is 4.98 Å². The van der Waals surface area contributed by atoms with Crippen molar-refractivity contribution in [3.8, 4) is 0 Å². The van der Waals surface area contributed by atoms with E-state index in [9.17, 15) is 14.4 Å². The Balaban J connectivity index is 1.59. The molecule has 0 atom stereocenters. The number of fused-ring (bicyclic) bond motifs is 1. The van der Waals surface area contributed by atoms with E-state index in [2.05, 4.69) is 15.6 Å². The number of carbonyl (C=O) groups excluding carboxylic acids is 3. The maximum absolute atomic E-state index is 12.1. The van der Waals surface area contributed by atoms with Crippen LogP contribution in [-0.4, -0.2) is 28.3 Å². The first kappa shape index (κ1) is 19.1. The van der Waals surface area contributed by atoms with Crippen molar-refractivity contribution in [3.63, 3.8) is 0 Å². The summed E-state index contributed by atoms with van der Waals surface area (Å²) < 4.78 is 1.73. The van der Waals surface area contributed by atoms with Crippen LogP contribution in [0.4, 0.5) is 11.4 Å². The maximum atomic E-state index is 12.1. The van der Waals surface area contributed by atoms with Crippen LogP contribution in [0.25, 0.3) is 10.2 Å². The summed E-state index contributed by atoms with van der Waals surface area (Å²) in [6, 6.07) is 12.3. The van der Waals surface area contributed by atoms with E-state index in [1.165, 1.54) is 36.9 Å². The normalized spacial score (nSPS) is 10.6. The first-order valence-electron chi connectivity index (χ1n) is 8.12. The van der Waals surface area contributed by atoms with E-state index in [0.29, 0.717) is 11.3 Å². The van der Waals surface area contributed by atoms with Gasteiger partial charge in [0.2, 0.25) is 11.8 Å². The summed E-state index contributed by atoms with van der Waals surface area (Å²) in [6.07, 6.45) is 0. The van der Waals surface area contributed by atoms with Gasteiger partial charge in [0.1, 0.15) is 0 Å².